The van der Waals surface area contributed by atoms with Gasteiger partial charge in [0.05, 0.1) is 19.0 Å². The zero-order valence-electron chi connectivity index (χ0n) is 10.8. The number of hydrogen-bond acceptors (Lipinski definition) is 4. The van der Waals surface area contributed by atoms with Crippen LogP contribution < -0.4 is 4.74 Å². The Kier molecular flexibility index (Phi) is 2.95. The molecule has 19 heavy (non-hydrogen) atoms. The Balaban J connectivity index is 1.96. The first-order chi connectivity index (χ1) is 9.21. The van der Waals surface area contributed by atoms with Crippen LogP contribution in [0, 0.1) is 0 Å². The predicted octanol–water partition coefficient (Wildman–Crippen LogP) is 1.86. The summed E-state index contributed by atoms with van der Waals surface area (Å²) in [6.07, 6.45) is 6.95. The normalized spacial score (nSPS) is 21.8. The maximum atomic E-state index is 10.8. The number of fused-ring (bicyclic) bond motifs is 1. The molecule has 0 saturated heterocycles. The first-order valence-corrected chi connectivity index (χ1v) is 6.36. The molecule has 0 bridgehead atoms. The summed E-state index contributed by atoms with van der Waals surface area (Å²) in [5.41, 5.74) is 2.12. The number of benzene rings is 1. The molecule has 0 aliphatic heterocycles. The molecular formula is C15H16N2O2. The summed E-state index contributed by atoms with van der Waals surface area (Å²) in [5, 5.41) is 10.8. The lowest BCUT2D eigenvalue weighted by Crippen LogP contribution is -2.34. The third kappa shape index (κ3) is 2.19. The number of aromatic nitrogens is 2. The fraction of sp³-hybridized carbons (Fsp3) is 0.333. The van der Waals surface area contributed by atoms with Gasteiger partial charge in [-0.15, -0.1) is 0 Å². The third-order valence-corrected chi connectivity index (χ3v) is 3.74. The SMILES string of the molecule is COc1ccc2c(c1)CC(O)(c1cnccn1)CC2. The van der Waals surface area contributed by atoms with Crippen molar-refractivity contribution in [2.24, 2.45) is 0 Å². The molecule has 0 amide bonds. The van der Waals surface area contributed by atoms with E-state index in [4.69, 9.17) is 4.74 Å². The average molecular weight is 256 g/mol. The van der Waals surface area contributed by atoms with Gasteiger partial charge in [0.1, 0.15) is 11.4 Å². The summed E-state index contributed by atoms with van der Waals surface area (Å²) in [6.45, 7) is 0. The summed E-state index contributed by atoms with van der Waals surface area (Å²) in [5.74, 6) is 0.821. The number of ether oxygens (including phenoxy) is 1. The van der Waals surface area contributed by atoms with E-state index in [1.54, 1.807) is 25.7 Å². The van der Waals surface area contributed by atoms with Crippen LogP contribution in [-0.2, 0) is 18.4 Å². The second-order valence-corrected chi connectivity index (χ2v) is 4.93. The number of aryl methyl sites for hydroxylation is 1. The summed E-state index contributed by atoms with van der Waals surface area (Å²) >= 11 is 0. The standard InChI is InChI=1S/C15H16N2O2/c1-19-13-3-2-11-4-5-15(18,9-12(11)8-13)14-10-16-6-7-17-14/h2-3,6-8,10,18H,4-5,9H2,1H3. The lowest BCUT2D eigenvalue weighted by atomic mass is 9.78. The highest BCUT2D eigenvalue weighted by Crippen LogP contribution is 2.36. The second kappa shape index (κ2) is 4.63. The number of methoxy groups -OCH3 is 1. The average Bonchev–Trinajstić information content (AvgIpc) is 2.47. The maximum Gasteiger partial charge on any atom is 0.119 e. The van der Waals surface area contributed by atoms with Gasteiger partial charge in [-0.05, 0) is 36.1 Å². The van der Waals surface area contributed by atoms with Crippen LogP contribution in [0.5, 0.6) is 5.75 Å². The van der Waals surface area contributed by atoms with E-state index in [1.807, 2.05) is 12.1 Å². The predicted molar refractivity (Wildman–Crippen MR) is 70.9 cm³/mol. The molecule has 2 aromatic rings. The van der Waals surface area contributed by atoms with Crippen molar-refractivity contribution in [2.75, 3.05) is 7.11 Å². The van der Waals surface area contributed by atoms with Gasteiger partial charge in [0.15, 0.2) is 0 Å². The van der Waals surface area contributed by atoms with Crippen LogP contribution in [0.25, 0.3) is 0 Å². The first-order valence-electron chi connectivity index (χ1n) is 6.36. The molecule has 1 aliphatic carbocycles. The topological polar surface area (TPSA) is 55.2 Å². The molecule has 1 unspecified atom stereocenters. The summed E-state index contributed by atoms with van der Waals surface area (Å²) in [6, 6.07) is 6.03. The van der Waals surface area contributed by atoms with Gasteiger partial charge in [-0.2, -0.15) is 0 Å². The van der Waals surface area contributed by atoms with Gasteiger partial charge < -0.3 is 9.84 Å². The first kappa shape index (κ1) is 12.1. The minimum absolute atomic E-state index is 0.554. The minimum atomic E-state index is -0.923. The van der Waals surface area contributed by atoms with E-state index in [0.717, 1.165) is 17.7 Å². The lowest BCUT2D eigenvalue weighted by Gasteiger charge is -2.32. The molecule has 1 aromatic carbocycles. The number of nitrogens with zero attached hydrogens (tertiary/aromatic N) is 2. The molecule has 0 spiro atoms. The van der Waals surface area contributed by atoms with Gasteiger partial charge in [0.25, 0.3) is 0 Å². The van der Waals surface area contributed by atoms with E-state index < -0.39 is 5.60 Å². The van der Waals surface area contributed by atoms with Gasteiger partial charge in [-0.3, -0.25) is 9.97 Å². The Morgan fingerprint density at radius 2 is 2.16 bits per heavy atom. The van der Waals surface area contributed by atoms with Gasteiger partial charge in [0, 0.05) is 18.8 Å². The highest BCUT2D eigenvalue weighted by atomic mass is 16.5. The van der Waals surface area contributed by atoms with Crippen molar-refractivity contribution >= 4 is 0 Å². The van der Waals surface area contributed by atoms with E-state index in [0.29, 0.717) is 18.5 Å². The Morgan fingerprint density at radius 3 is 2.89 bits per heavy atom. The van der Waals surface area contributed by atoms with Crippen LogP contribution in [0.15, 0.2) is 36.8 Å². The Morgan fingerprint density at radius 1 is 1.26 bits per heavy atom. The smallest absolute Gasteiger partial charge is 0.119 e. The van der Waals surface area contributed by atoms with Crippen molar-refractivity contribution in [2.45, 2.75) is 24.9 Å². The van der Waals surface area contributed by atoms with Gasteiger partial charge >= 0.3 is 0 Å². The fourth-order valence-corrected chi connectivity index (χ4v) is 2.64. The molecule has 0 radical (unpaired) electrons. The molecule has 98 valence electrons. The third-order valence-electron chi connectivity index (χ3n) is 3.74. The Labute approximate surface area is 112 Å². The van der Waals surface area contributed by atoms with Crippen LogP contribution in [0.2, 0.25) is 0 Å². The van der Waals surface area contributed by atoms with Crippen LogP contribution in [0.1, 0.15) is 23.2 Å². The van der Waals surface area contributed by atoms with Gasteiger partial charge in [-0.25, -0.2) is 0 Å². The van der Waals surface area contributed by atoms with Crippen LogP contribution >= 0.6 is 0 Å². The lowest BCUT2D eigenvalue weighted by molar-refractivity contribution is 0.0175. The zero-order chi connectivity index (χ0) is 13.3. The van der Waals surface area contributed by atoms with Crippen LogP contribution in [-0.4, -0.2) is 22.2 Å². The molecular weight excluding hydrogens is 240 g/mol. The summed E-state index contributed by atoms with van der Waals surface area (Å²) in [4.78, 5) is 8.29. The monoisotopic (exact) mass is 256 g/mol. The summed E-state index contributed by atoms with van der Waals surface area (Å²) < 4.78 is 5.24. The van der Waals surface area contributed by atoms with E-state index in [9.17, 15) is 5.11 Å². The quantitative estimate of drug-likeness (QED) is 0.891. The number of aliphatic hydroxyl groups is 1. The van der Waals surface area contributed by atoms with E-state index in [2.05, 4.69) is 16.0 Å². The van der Waals surface area contributed by atoms with Crippen molar-refractivity contribution in [3.05, 3.63) is 53.6 Å². The van der Waals surface area contributed by atoms with Crippen molar-refractivity contribution in [1.29, 1.82) is 0 Å². The Bertz CT molecular complexity index is 586. The zero-order valence-corrected chi connectivity index (χ0v) is 10.8. The van der Waals surface area contributed by atoms with E-state index >= 15 is 0 Å². The second-order valence-electron chi connectivity index (χ2n) is 4.93. The Hall–Kier alpha value is -1.94. The number of rotatable bonds is 2. The summed E-state index contributed by atoms with van der Waals surface area (Å²) in [7, 11) is 1.65. The van der Waals surface area contributed by atoms with Crippen molar-refractivity contribution in [3.63, 3.8) is 0 Å². The molecule has 0 fully saturated rings. The highest BCUT2D eigenvalue weighted by Gasteiger charge is 2.35. The van der Waals surface area contributed by atoms with Crippen molar-refractivity contribution in [1.82, 2.24) is 9.97 Å². The van der Waals surface area contributed by atoms with Crippen molar-refractivity contribution in [3.8, 4) is 5.75 Å². The molecule has 1 heterocycles. The van der Waals surface area contributed by atoms with Crippen LogP contribution in [0.3, 0.4) is 0 Å². The van der Waals surface area contributed by atoms with Crippen LogP contribution in [0.4, 0.5) is 0 Å². The van der Waals surface area contributed by atoms with E-state index in [1.165, 1.54) is 5.56 Å². The molecule has 1 atom stereocenters. The van der Waals surface area contributed by atoms with Gasteiger partial charge in [-0.1, -0.05) is 6.07 Å². The molecule has 1 aliphatic rings. The molecule has 4 nitrogen and oxygen atoms in total. The minimum Gasteiger partial charge on any atom is -0.497 e. The molecule has 4 heteroatoms. The fourth-order valence-electron chi connectivity index (χ4n) is 2.64. The molecule has 1 N–H and O–H groups in total. The van der Waals surface area contributed by atoms with Crippen molar-refractivity contribution < 1.29 is 9.84 Å². The van der Waals surface area contributed by atoms with E-state index in [-0.39, 0.29) is 0 Å². The molecule has 0 saturated carbocycles. The molecule has 1 aromatic heterocycles. The molecule has 3 rings (SSSR count). The van der Waals surface area contributed by atoms with Gasteiger partial charge in [0.2, 0.25) is 0 Å². The number of hydrogen-bond donors (Lipinski definition) is 1. The highest BCUT2D eigenvalue weighted by molar-refractivity contribution is 5.39. The maximum absolute atomic E-state index is 10.8. The largest absolute Gasteiger partial charge is 0.497 e.